The number of halogens is 1. The van der Waals surface area contributed by atoms with Crippen LogP contribution in [0.15, 0.2) is 24.4 Å². The second-order valence-electron chi connectivity index (χ2n) is 4.36. The monoisotopic (exact) mass is 303 g/mol. The molecule has 2 aromatic rings. The number of nitrogens with one attached hydrogen (secondary N) is 2. The predicted octanol–water partition coefficient (Wildman–Crippen LogP) is 1.65. The zero-order valence-electron chi connectivity index (χ0n) is 11.4. The van der Waals surface area contributed by atoms with Crippen LogP contribution in [0.3, 0.4) is 0 Å². The molecule has 1 aromatic carbocycles. The largest absolute Gasteiger partial charge is 0.384 e. The van der Waals surface area contributed by atoms with Gasteiger partial charge in [0.15, 0.2) is 0 Å². The molecule has 0 aliphatic heterocycles. The average Bonchev–Trinajstić information content (AvgIpc) is 2.88. The lowest BCUT2D eigenvalue weighted by Gasteiger charge is -2.06. The number of amides is 1. The zero-order chi connectivity index (χ0) is 15.2. The van der Waals surface area contributed by atoms with E-state index in [4.69, 9.17) is 16.7 Å². The molecule has 0 bridgehead atoms. The third-order valence-electron chi connectivity index (χ3n) is 2.91. The first-order chi connectivity index (χ1) is 10.1. The van der Waals surface area contributed by atoms with E-state index < -0.39 is 0 Å². The van der Waals surface area contributed by atoms with Gasteiger partial charge in [0, 0.05) is 28.9 Å². The van der Waals surface area contributed by atoms with Crippen molar-refractivity contribution in [2.24, 2.45) is 0 Å². The number of hydrogen-bond acceptors (Lipinski definition) is 3. The molecule has 1 heterocycles. The van der Waals surface area contributed by atoms with Crippen molar-refractivity contribution < 1.29 is 9.90 Å². The normalized spacial score (nSPS) is 9.86. The minimum Gasteiger partial charge on any atom is -0.384 e. The van der Waals surface area contributed by atoms with Crippen LogP contribution in [0, 0.1) is 18.8 Å². The van der Waals surface area contributed by atoms with Crippen LogP contribution < -0.4 is 5.32 Å². The van der Waals surface area contributed by atoms with Crippen LogP contribution in [0.25, 0.3) is 0 Å². The van der Waals surface area contributed by atoms with Gasteiger partial charge in [0.25, 0.3) is 5.91 Å². The molecule has 6 heteroatoms. The summed E-state index contributed by atoms with van der Waals surface area (Å²) >= 11 is 6.06. The Morgan fingerprint density at radius 1 is 1.52 bits per heavy atom. The Morgan fingerprint density at radius 2 is 2.33 bits per heavy atom. The fourth-order valence-corrected chi connectivity index (χ4v) is 1.95. The van der Waals surface area contributed by atoms with Crippen molar-refractivity contribution in [2.75, 3.05) is 6.61 Å². The molecule has 2 rings (SSSR count). The van der Waals surface area contributed by atoms with Gasteiger partial charge in [-0.1, -0.05) is 23.4 Å². The first-order valence-electron chi connectivity index (χ1n) is 6.28. The number of benzene rings is 1. The summed E-state index contributed by atoms with van der Waals surface area (Å²) in [4.78, 5) is 12.1. The maximum absolute atomic E-state index is 12.1. The number of aromatic amines is 1. The van der Waals surface area contributed by atoms with Crippen LogP contribution in [0.1, 0.15) is 27.2 Å². The lowest BCUT2D eigenvalue weighted by molar-refractivity contribution is 0.0951. The molecule has 0 unspecified atom stereocenters. The number of rotatable bonds is 3. The number of aliphatic hydroxyl groups is 1. The van der Waals surface area contributed by atoms with Crippen molar-refractivity contribution in [3.8, 4) is 11.8 Å². The van der Waals surface area contributed by atoms with Crippen molar-refractivity contribution in [1.29, 1.82) is 0 Å². The highest BCUT2D eigenvalue weighted by molar-refractivity contribution is 6.32. The summed E-state index contributed by atoms with van der Waals surface area (Å²) in [5.41, 5.74) is 2.88. The number of carbonyl (C=O) groups excluding carboxylic acids is 1. The Hall–Kier alpha value is -2.29. The molecule has 1 aromatic heterocycles. The third kappa shape index (κ3) is 3.85. The molecule has 0 saturated carbocycles. The topological polar surface area (TPSA) is 78.0 Å². The van der Waals surface area contributed by atoms with Crippen LogP contribution in [0.2, 0.25) is 5.02 Å². The Bertz CT molecular complexity index is 713. The predicted molar refractivity (Wildman–Crippen MR) is 79.9 cm³/mol. The number of hydrogen-bond donors (Lipinski definition) is 3. The molecule has 0 radical (unpaired) electrons. The van der Waals surface area contributed by atoms with Crippen LogP contribution in [0.5, 0.6) is 0 Å². The highest BCUT2D eigenvalue weighted by atomic mass is 35.5. The van der Waals surface area contributed by atoms with Gasteiger partial charge in [-0.25, -0.2) is 0 Å². The standard InChI is InChI=1S/C15H14ClN3O2/c1-10-13(9-18-19-10)8-17-15(21)12-5-4-11(3-2-6-20)14(16)7-12/h4-5,7,9,20H,6,8H2,1H3,(H,17,21)(H,18,19). The third-order valence-corrected chi connectivity index (χ3v) is 3.22. The minimum atomic E-state index is -0.234. The molecule has 5 nitrogen and oxygen atoms in total. The molecule has 108 valence electrons. The van der Waals surface area contributed by atoms with Gasteiger partial charge in [-0.05, 0) is 25.1 Å². The van der Waals surface area contributed by atoms with Gasteiger partial charge in [0.2, 0.25) is 0 Å². The molecule has 3 N–H and O–H groups in total. The van der Waals surface area contributed by atoms with E-state index in [9.17, 15) is 4.79 Å². The fraction of sp³-hybridized carbons (Fsp3) is 0.200. The highest BCUT2D eigenvalue weighted by Gasteiger charge is 2.09. The summed E-state index contributed by atoms with van der Waals surface area (Å²) in [6.07, 6.45) is 1.68. The maximum atomic E-state index is 12.1. The van der Waals surface area contributed by atoms with E-state index in [1.165, 1.54) is 0 Å². The molecule has 21 heavy (non-hydrogen) atoms. The summed E-state index contributed by atoms with van der Waals surface area (Å²) < 4.78 is 0. The molecule has 0 atom stereocenters. The smallest absolute Gasteiger partial charge is 0.251 e. The lowest BCUT2D eigenvalue weighted by atomic mass is 10.1. The molecule has 0 fully saturated rings. The second-order valence-corrected chi connectivity index (χ2v) is 4.76. The van der Waals surface area contributed by atoms with E-state index in [-0.39, 0.29) is 12.5 Å². The summed E-state index contributed by atoms with van der Waals surface area (Å²) in [7, 11) is 0. The SMILES string of the molecule is Cc1[nH]ncc1CNC(=O)c1ccc(C#CCO)c(Cl)c1. The summed E-state index contributed by atoms with van der Waals surface area (Å²) in [6.45, 7) is 2.05. The second kappa shape index (κ2) is 6.93. The van der Waals surface area contributed by atoms with E-state index in [2.05, 4.69) is 27.4 Å². The summed E-state index contributed by atoms with van der Waals surface area (Å²) in [5, 5.41) is 18.5. The van der Waals surface area contributed by atoms with Gasteiger partial charge in [-0.15, -0.1) is 0 Å². The van der Waals surface area contributed by atoms with Gasteiger partial charge in [0.05, 0.1) is 11.2 Å². The van der Waals surface area contributed by atoms with Crippen molar-refractivity contribution >= 4 is 17.5 Å². The lowest BCUT2D eigenvalue weighted by Crippen LogP contribution is -2.22. The van der Waals surface area contributed by atoms with Crippen LogP contribution in [-0.4, -0.2) is 27.8 Å². The van der Waals surface area contributed by atoms with E-state index in [1.54, 1.807) is 24.4 Å². The van der Waals surface area contributed by atoms with E-state index in [0.29, 0.717) is 22.7 Å². The highest BCUT2D eigenvalue weighted by Crippen LogP contribution is 2.17. The molecule has 0 spiro atoms. The van der Waals surface area contributed by atoms with Gasteiger partial charge < -0.3 is 10.4 Å². The van der Waals surface area contributed by atoms with Crippen LogP contribution in [0.4, 0.5) is 0 Å². The summed E-state index contributed by atoms with van der Waals surface area (Å²) in [6, 6.07) is 4.86. The molecule has 0 saturated heterocycles. The quantitative estimate of drug-likeness (QED) is 0.754. The first kappa shape index (κ1) is 15.1. The van der Waals surface area contributed by atoms with Gasteiger partial charge in [0.1, 0.15) is 6.61 Å². The minimum absolute atomic E-state index is 0.223. The van der Waals surface area contributed by atoms with Gasteiger partial charge >= 0.3 is 0 Å². The number of aryl methyl sites for hydroxylation is 1. The maximum Gasteiger partial charge on any atom is 0.251 e. The number of aromatic nitrogens is 2. The van der Waals surface area contributed by atoms with Crippen molar-refractivity contribution in [2.45, 2.75) is 13.5 Å². The molecular formula is C15H14ClN3O2. The molecule has 0 aliphatic carbocycles. The first-order valence-corrected chi connectivity index (χ1v) is 6.66. The number of nitrogens with zero attached hydrogens (tertiary/aromatic N) is 1. The van der Waals surface area contributed by atoms with Gasteiger partial charge in [-0.2, -0.15) is 5.10 Å². The fourth-order valence-electron chi connectivity index (χ4n) is 1.72. The van der Waals surface area contributed by atoms with Crippen LogP contribution >= 0.6 is 11.6 Å². The zero-order valence-corrected chi connectivity index (χ0v) is 12.2. The number of H-pyrrole nitrogens is 1. The van der Waals surface area contributed by atoms with Crippen molar-refractivity contribution in [1.82, 2.24) is 15.5 Å². The average molecular weight is 304 g/mol. The van der Waals surface area contributed by atoms with E-state index in [0.717, 1.165) is 11.3 Å². The summed E-state index contributed by atoms with van der Waals surface area (Å²) in [5.74, 6) is 5.01. The van der Waals surface area contributed by atoms with Crippen molar-refractivity contribution in [3.63, 3.8) is 0 Å². The van der Waals surface area contributed by atoms with Crippen molar-refractivity contribution in [3.05, 3.63) is 51.8 Å². The van der Waals surface area contributed by atoms with Crippen LogP contribution in [-0.2, 0) is 6.54 Å². The Balaban J connectivity index is 2.06. The number of carbonyl (C=O) groups is 1. The molecular weight excluding hydrogens is 290 g/mol. The Kier molecular flexibility index (Phi) is 4.99. The Labute approximate surface area is 127 Å². The van der Waals surface area contributed by atoms with E-state index in [1.807, 2.05) is 6.92 Å². The van der Waals surface area contributed by atoms with E-state index >= 15 is 0 Å². The molecule has 1 amide bonds. The Morgan fingerprint density at radius 3 is 2.95 bits per heavy atom. The van der Waals surface area contributed by atoms with Gasteiger partial charge in [-0.3, -0.25) is 9.89 Å². The number of aliphatic hydroxyl groups excluding tert-OH is 1. The molecule has 0 aliphatic rings.